The third kappa shape index (κ3) is 3.52. The quantitative estimate of drug-likeness (QED) is 0.856. The van der Waals surface area contributed by atoms with Gasteiger partial charge in [-0.2, -0.15) is 0 Å². The second-order valence-electron chi connectivity index (χ2n) is 6.84. The van der Waals surface area contributed by atoms with Crippen molar-refractivity contribution in [2.45, 2.75) is 69.8 Å². The van der Waals surface area contributed by atoms with Crippen molar-refractivity contribution in [1.82, 2.24) is 0 Å². The van der Waals surface area contributed by atoms with Crippen LogP contribution in [0.5, 0.6) is 0 Å². The van der Waals surface area contributed by atoms with E-state index in [2.05, 4.69) is 0 Å². The molecule has 2 nitrogen and oxygen atoms in total. The van der Waals surface area contributed by atoms with Crippen LogP contribution >= 0.6 is 0 Å². The van der Waals surface area contributed by atoms with Crippen molar-refractivity contribution < 1.29 is 9.68 Å². The van der Waals surface area contributed by atoms with E-state index in [4.69, 9.17) is 4.65 Å². The molecule has 3 heteroatoms. The summed E-state index contributed by atoms with van der Waals surface area (Å²) in [6.45, 7) is 0. The van der Waals surface area contributed by atoms with Gasteiger partial charge in [0.05, 0.1) is 5.60 Å². The standard InChI is InChI=1S/C18H27BO2/c20-19(17-12-6-2-7-13-17)21-18(14-8-3-9-15-18)16-10-4-1-5-11-16/h2,6-7,12-13,16,20H,1,3-5,8-11,14-15H2. The van der Waals surface area contributed by atoms with Crippen LogP contribution in [0, 0.1) is 5.92 Å². The first-order chi connectivity index (χ1) is 10.3. The van der Waals surface area contributed by atoms with E-state index in [1.54, 1.807) is 0 Å². The van der Waals surface area contributed by atoms with Crippen molar-refractivity contribution in [2.75, 3.05) is 0 Å². The third-order valence-electron chi connectivity index (χ3n) is 5.48. The second kappa shape index (κ2) is 6.98. The van der Waals surface area contributed by atoms with E-state index in [1.807, 2.05) is 30.3 Å². The van der Waals surface area contributed by atoms with Crippen LogP contribution in [0.4, 0.5) is 0 Å². The van der Waals surface area contributed by atoms with Crippen LogP contribution in [0.15, 0.2) is 30.3 Å². The van der Waals surface area contributed by atoms with Gasteiger partial charge in [0.15, 0.2) is 0 Å². The van der Waals surface area contributed by atoms with Gasteiger partial charge in [0.25, 0.3) is 0 Å². The lowest BCUT2D eigenvalue weighted by molar-refractivity contribution is -0.0497. The van der Waals surface area contributed by atoms with Gasteiger partial charge in [0.2, 0.25) is 0 Å². The van der Waals surface area contributed by atoms with E-state index < -0.39 is 7.12 Å². The molecule has 0 heterocycles. The van der Waals surface area contributed by atoms with Gasteiger partial charge in [-0.3, -0.25) is 0 Å². The molecule has 21 heavy (non-hydrogen) atoms. The summed E-state index contributed by atoms with van der Waals surface area (Å²) in [7, 11) is -0.772. The minimum atomic E-state index is -0.772. The maximum absolute atomic E-state index is 10.5. The molecule has 0 atom stereocenters. The van der Waals surface area contributed by atoms with E-state index >= 15 is 0 Å². The van der Waals surface area contributed by atoms with Crippen LogP contribution in [0.3, 0.4) is 0 Å². The highest BCUT2D eigenvalue weighted by atomic mass is 16.5. The van der Waals surface area contributed by atoms with E-state index in [-0.39, 0.29) is 5.60 Å². The fourth-order valence-electron chi connectivity index (χ4n) is 4.31. The van der Waals surface area contributed by atoms with Crippen LogP contribution in [-0.2, 0) is 4.65 Å². The first-order valence-corrected chi connectivity index (χ1v) is 8.71. The van der Waals surface area contributed by atoms with Gasteiger partial charge in [-0.25, -0.2) is 0 Å². The SMILES string of the molecule is OB(OC1(C2CCCCC2)CCCCC1)c1ccccc1. The molecule has 1 N–H and O–H groups in total. The van der Waals surface area contributed by atoms with Crippen molar-refractivity contribution in [2.24, 2.45) is 5.92 Å². The molecule has 3 rings (SSSR count). The summed E-state index contributed by atoms with van der Waals surface area (Å²) in [6, 6.07) is 9.84. The van der Waals surface area contributed by atoms with Crippen molar-refractivity contribution in [3.63, 3.8) is 0 Å². The molecule has 2 saturated carbocycles. The maximum atomic E-state index is 10.5. The summed E-state index contributed by atoms with van der Waals surface area (Å²) in [5.74, 6) is 0.643. The number of benzene rings is 1. The summed E-state index contributed by atoms with van der Waals surface area (Å²) in [5.41, 5.74) is 0.812. The fraction of sp³-hybridized carbons (Fsp3) is 0.667. The molecule has 0 radical (unpaired) electrons. The molecule has 0 spiro atoms. The molecule has 2 aliphatic carbocycles. The molecule has 1 aromatic carbocycles. The fourth-order valence-corrected chi connectivity index (χ4v) is 4.31. The highest BCUT2D eigenvalue weighted by molar-refractivity contribution is 6.60. The summed E-state index contributed by atoms with van der Waals surface area (Å²) < 4.78 is 6.36. The maximum Gasteiger partial charge on any atom is 0.491 e. The molecule has 0 amide bonds. The van der Waals surface area contributed by atoms with Crippen molar-refractivity contribution in [3.8, 4) is 0 Å². The van der Waals surface area contributed by atoms with Gasteiger partial charge in [-0.15, -0.1) is 0 Å². The molecule has 0 bridgehead atoms. The molecule has 2 fully saturated rings. The first kappa shape index (κ1) is 15.1. The summed E-state index contributed by atoms with van der Waals surface area (Å²) >= 11 is 0. The Kier molecular flexibility index (Phi) is 5.02. The van der Waals surface area contributed by atoms with E-state index in [1.165, 1.54) is 51.4 Å². The summed E-state index contributed by atoms with van der Waals surface area (Å²) in [5, 5.41) is 10.5. The zero-order valence-corrected chi connectivity index (χ0v) is 13.0. The van der Waals surface area contributed by atoms with Crippen LogP contribution in [-0.4, -0.2) is 17.7 Å². The predicted molar refractivity (Wildman–Crippen MR) is 87.5 cm³/mol. The van der Waals surface area contributed by atoms with Gasteiger partial charge in [0.1, 0.15) is 0 Å². The lowest BCUT2D eigenvalue weighted by Crippen LogP contribution is -2.50. The predicted octanol–water partition coefficient (Wildman–Crippen LogP) is 3.67. The minimum absolute atomic E-state index is 0.0755. The molecular weight excluding hydrogens is 259 g/mol. The Hall–Kier alpha value is -0.795. The number of rotatable bonds is 4. The van der Waals surface area contributed by atoms with Gasteiger partial charge < -0.3 is 9.68 Å². The second-order valence-corrected chi connectivity index (χ2v) is 6.84. The third-order valence-corrected chi connectivity index (χ3v) is 5.48. The molecule has 0 saturated heterocycles. The van der Waals surface area contributed by atoms with Crippen molar-refractivity contribution >= 4 is 12.6 Å². The Labute approximate surface area is 129 Å². The monoisotopic (exact) mass is 286 g/mol. The summed E-state index contributed by atoms with van der Waals surface area (Å²) in [4.78, 5) is 0. The highest BCUT2D eigenvalue weighted by Crippen LogP contribution is 2.44. The number of hydrogen-bond acceptors (Lipinski definition) is 2. The van der Waals surface area contributed by atoms with Gasteiger partial charge in [0, 0.05) is 0 Å². The molecule has 0 aliphatic heterocycles. The molecule has 114 valence electrons. The first-order valence-electron chi connectivity index (χ1n) is 8.71. The van der Waals surface area contributed by atoms with E-state index in [0.29, 0.717) is 5.92 Å². The van der Waals surface area contributed by atoms with E-state index in [0.717, 1.165) is 18.3 Å². The molecule has 2 aliphatic rings. The van der Waals surface area contributed by atoms with Gasteiger partial charge in [-0.05, 0) is 37.1 Å². The minimum Gasteiger partial charge on any atom is -0.423 e. The molecular formula is C18H27BO2. The highest BCUT2D eigenvalue weighted by Gasteiger charge is 2.43. The van der Waals surface area contributed by atoms with Gasteiger partial charge in [-0.1, -0.05) is 68.9 Å². The zero-order valence-electron chi connectivity index (χ0n) is 13.0. The lowest BCUT2D eigenvalue weighted by atomic mass is 9.67. The van der Waals surface area contributed by atoms with Crippen molar-refractivity contribution in [3.05, 3.63) is 30.3 Å². The largest absolute Gasteiger partial charge is 0.491 e. The van der Waals surface area contributed by atoms with Crippen LogP contribution in [0.25, 0.3) is 0 Å². The Balaban J connectivity index is 1.75. The van der Waals surface area contributed by atoms with Crippen LogP contribution in [0.2, 0.25) is 0 Å². The van der Waals surface area contributed by atoms with Gasteiger partial charge >= 0.3 is 7.12 Å². The van der Waals surface area contributed by atoms with Crippen LogP contribution < -0.4 is 5.46 Å². The molecule has 0 aromatic heterocycles. The number of hydrogen-bond donors (Lipinski definition) is 1. The normalized spacial score (nSPS) is 22.9. The molecule has 1 aromatic rings. The van der Waals surface area contributed by atoms with Crippen molar-refractivity contribution in [1.29, 1.82) is 0 Å². The Morgan fingerprint density at radius 3 is 2.19 bits per heavy atom. The molecule has 0 unspecified atom stereocenters. The Morgan fingerprint density at radius 1 is 0.905 bits per heavy atom. The topological polar surface area (TPSA) is 29.5 Å². The van der Waals surface area contributed by atoms with E-state index in [9.17, 15) is 5.02 Å². The zero-order chi connectivity index (χ0) is 14.5. The lowest BCUT2D eigenvalue weighted by Gasteiger charge is -2.46. The summed E-state index contributed by atoms with van der Waals surface area (Å²) in [6.07, 6.45) is 12.7. The average Bonchev–Trinajstić information content (AvgIpc) is 2.57. The average molecular weight is 286 g/mol. The Bertz CT molecular complexity index is 422. The van der Waals surface area contributed by atoms with Crippen LogP contribution in [0.1, 0.15) is 64.2 Å². The smallest absolute Gasteiger partial charge is 0.423 e. The Morgan fingerprint density at radius 2 is 1.52 bits per heavy atom.